The highest BCUT2D eigenvalue weighted by Gasteiger charge is 2.41. The molecular formula is C20H18NOP. The lowest BCUT2D eigenvalue weighted by molar-refractivity contribution is 0.424. The van der Waals surface area contributed by atoms with Gasteiger partial charge in [0, 0.05) is 23.7 Å². The van der Waals surface area contributed by atoms with E-state index in [2.05, 4.69) is 22.9 Å². The van der Waals surface area contributed by atoms with E-state index < -0.39 is 7.29 Å². The van der Waals surface area contributed by atoms with Crippen LogP contribution >= 0.6 is 7.29 Å². The molecule has 114 valence electrons. The summed E-state index contributed by atoms with van der Waals surface area (Å²) in [5.74, 6) is 0. The first-order chi connectivity index (χ1) is 11.3. The molecular weight excluding hydrogens is 301 g/mol. The van der Waals surface area contributed by atoms with E-state index in [1.54, 1.807) is 0 Å². The van der Waals surface area contributed by atoms with Gasteiger partial charge in [0.15, 0.2) is 0 Å². The molecule has 0 bridgehead atoms. The normalized spacial score (nSPS) is 20.3. The summed E-state index contributed by atoms with van der Waals surface area (Å²) in [4.78, 5) is 0. The average molecular weight is 319 g/mol. The molecule has 1 unspecified atom stereocenters. The van der Waals surface area contributed by atoms with Gasteiger partial charge in [-0.25, -0.2) is 4.67 Å². The Kier molecular flexibility index (Phi) is 3.65. The minimum atomic E-state index is -2.75. The third-order valence-electron chi connectivity index (χ3n) is 4.38. The Balaban J connectivity index is 1.82. The summed E-state index contributed by atoms with van der Waals surface area (Å²) < 4.78 is 16.2. The summed E-state index contributed by atoms with van der Waals surface area (Å²) in [6.45, 7) is 1.43. The smallest absolute Gasteiger partial charge is 0.208 e. The summed E-state index contributed by atoms with van der Waals surface area (Å²) in [6, 6.07) is 28.3. The summed E-state index contributed by atoms with van der Waals surface area (Å²) in [5.41, 5.74) is 2.37. The van der Waals surface area contributed by atoms with Crippen molar-refractivity contribution in [3.8, 4) is 0 Å². The van der Waals surface area contributed by atoms with Gasteiger partial charge in [-0.15, -0.1) is 0 Å². The van der Waals surface area contributed by atoms with Gasteiger partial charge >= 0.3 is 0 Å². The van der Waals surface area contributed by atoms with Crippen molar-refractivity contribution in [3.05, 3.63) is 96.1 Å². The van der Waals surface area contributed by atoms with Crippen molar-refractivity contribution >= 4 is 17.9 Å². The third kappa shape index (κ3) is 2.45. The molecule has 3 heteroatoms. The molecule has 0 saturated carbocycles. The van der Waals surface area contributed by atoms with Crippen molar-refractivity contribution in [1.29, 1.82) is 0 Å². The van der Waals surface area contributed by atoms with Crippen LogP contribution in [0, 0.1) is 0 Å². The highest BCUT2D eigenvalue weighted by atomic mass is 31.2. The fourth-order valence-corrected chi connectivity index (χ4v) is 6.29. The van der Waals surface area contributed by atoms with E-state index in [-0.39, 0.29) is 0 Å². The number of fused-ring (bicyclic) bond motifs is 1. The molecule has 4 rings (SSSR count). The predicted molar refractivity (Wildman–Crippen MR) is 95.4 cm³/mol. The van der Waals surface area contributed by atoms with Gasteiger partial charge in [-0.05, 0) is 29.3 Å². The Labute approximate surface area is 136 Å². The van der Waals surface area contributed by atoms with Crippen LogP contribution < -0.4 is 10.6 Å². The molecule has 3 aromatic carbocycles. The monoisotopic (exact) mass is 319 g/mol. The molecule has 0 saturated heterocycles. The molecule has 1 atom stereocenters. The van der Waals surface area contributed by atoms with Crippen LogP contribution in [0.3, 0.4) is 0 Å². The zero-order chi connectivity index (χ0) is 15.7. The zero-order valence-electron chi connectivity index (χ0n) is 12.8. The quantitative estimate of drug-likeness (QED) is 0.682. The van der Waals surface area contributed by atoms with Crippen molar-refractivity contribution in [1.82, 2.24) is 4.67 Å². The van der Waals surface area contributed by atoms with Crippen molar-refractivity contribution in [2.45, 2.75) is 13.1 Å². The predicted octanol–water partition coefficient (Wildman–Crippen LogP) is 3.93. The molecule has 1 aliphatic rings. The first-order valence-corrected chi connectivity index (χ1v) is 9.48. The lowest BCUT2D eigenvalue weighted by Crippen LogP contribution is -2.24. The Morgan fingerprint density at radius 3 is 2.13 bits per heavy atom. The van der Waals surface area contributed by atoms with Gasteiger partial charge in [0.2, 0.25) is 7.29 Å². The molecule has 0 aromatic heterocycles. The van der Waals surface area contributed by atoms with Crippen molar-refractivity contribution < 1.29 is 4.57 Å². The summed E-state index contributed by atoms with van der Waals surface area (Å²) in [6.07, 6.45) is 0. The van der Waals surface area contributed by atoms with E-state index in [1.165, 1.54) is 11.1 Å². The number of benzene rings is 3. The second kappa shape index (κ2) is 5.81. The van der Waals surface area contributed by atoms with Crippen LogP contribution in [0.4, 0.5) is 0 Å². The van der Waals surface area contributed by atoms with E-state index in [4.69, 9.17) is 0 Å². The van der Waals surface area contributed by atoms with Crippen LogP contribution in [0.1, 0.15) is 11.1 Å². The summed E-state index contributed by atoms with van der Waals surface area (Å²) in [5, 5.41) is 1.91. The lowest BCUT2D eigenvalue weighted by Gasteiger charge is -2.26. The number of nitrogens with zero attached hydrogens (tertiary/aromatic N) is 1. The lowest BCUT2D eigenvalue weighted by atomic mass is 10.2. The molecule has 3 aromatic rings. The highest BCUT2D eigenvalue weighted by molar-refractivity contribution is 7.77. The Bertz CT molecular complexity index is 861. The van der Waals surface area contributed by atoms with E-state index in [0.29, 0.717) is 6.54 Å². The summed E-state index contributed by atoms with van der Waals surface area (Å²) >= 11 is 0. The first kappa shape index (κ1) is 14.4. The Hall–Kier alpha value is -2.15. The molecule has 0 aliphatic carbocycles. The van der Waals surface area contributed by atoms with Gasteiger partial charge in [-0.1, -0.05) is 66.7 Å². The zero-order valence-corrected chi connectivity index (χ0v) is 13.7. The average Bonchev–Trinajstić information content (AvgIpc) is 2.90. The van der Waals surface area contributed by atoms with Crippen LogP contribution in [0.2, 0.25) is 0 Å². The molecule has 0 fully saturated rings. The maximum Gasteiger partial charge on any atom is 0.208 e. The molecule has 0 N–H and O–H groups in total. The maximum atomic E-state index is 14.1. The van der Waals surface area contributed by atoms with E-state index in [9.17, 15) is 4.57 Å². The topological polar surface area (TPSA) is 20.3 Å². The molecule has 1 heterocycles. The van der Waals surface area contributed by atoms with E-state index >= 15 is 0 Å². The molecule has 23 heavy (non-hydrogen) atoms. The minimum Gasteiger partial charge on any atom is -0.296 e. The van der Waals surface area contributed by atoms with Crippen LogP contribution in [0.5, 0.6) is 0 Å². The Morgan fingerprint density at radius 2 is 1.39 bits per heavy atom. The van der Waals surface area contributed by atoms with E-state index in [1.807, 2.05) is 66.7 Å². The second-order valence-electron chi connectivity index (χ2n) is 5.85. The number of hydrogen-bond acceptors (Lipinski definition) is 1. The van der Waals surface area contributed by atoms with Gasteiger partial charge in [0.05, 0.1) is 0 Å². The molecule has 0 amide bonds. The molecule has 0 radical (unpaired) electrons. The SMILES string of the molecule is O=P1(c2ccccc2)c2ccccc2CN1Cc1ccccc1. The maximum absolute atomic E-state index is 14.1. The van der Waals surface area contributed by atoms with Crippen LogP contribution in [0.25, 0.3) is 0 Å². The molecule has 0 spiro atoms. The number of rotatable bonds is 3. The van der Waals surface area contributed by atoms with Crippen molar-refractivity contribution in [2.75, 3.05) is 0 Å². The van der Waals surface area contributed by atoms with Gasteiger partial charge in [0.25, 0.3) is 0 Å². The van der Waals surface area contributed by atoms with Gasteiger partial charge in [-0.2, -0.15) is 0 Å². The standard InChI is InChI=1S/C20H18NOP/c22-23(19-12-5-2-6-13-19)20-14-8-7-11-18(20)16-21(23)15-17-9-3-1-4-10-17/h1-14H,15-16H2. The van der Waals surface area contributed by atoms with Gasteiger partial charge in [0.1, 0.15) is 0 Å². The summed E-state index contributed by atoms with van der Waals surface area (Å²) in [7, 11) is -2.75. The van der Waals surface area contributed by atoms with Crippen LogP contribution in [-0.2, 0) is 17.7 Å². The van der Waals surface area contributed by atoms with Crippen molar-refractivity contribution in [2.24, 2.45) is 0 Å². The van der Waals surface area contributed by atoms with Crippen LogP contribution in [0.15, 0.2) is 84.9 Å². The van der Waals surface area contributed by atoms with E-state index in [0.717, 1.165) is 17.2 Å². The number of hydrogen-bond donors (Lipinski definition) is 0. The first-order valence-electron chi connectivity index (χ1n) is 7.82. The fraction of sp³-hybridized carbons (Fsp3) is 0.100. The third-order valence-corrected chi connectivity index (χ3v) is 7.55. The largest absolute Gasteiger partial charge is 0.296 e. The highest BCUT2D eigenvalue weighted by Crippen LogP contribution is 2.54. The second-order valence-corrected chi connectivity index (χ2v) is 8.56. The Morgan fingerprint density at radius 1 is 0.783 bits per heavy atom. The fourth-order valence-electron chi connectivity index (χ4n) is 3.27. The molecule has 1 aliphatic heterocycles. The molecule has 2 nitrogen and oxygen atoms in total. The minimum absolute atomic E-state index is 0.696. The van der Waals surface area contributed by atoms with Crippen molar-refractivity contribution in [3.63, 3.8) is 0 Å². The van der Waals surface area contributed by atoms with Crippen LogP contribution in [-0.4, -0.2) is 4.67 Å². The van der Waals surface area contributed by atoms with Gasteiger partial charge in [-0.3, -0.25) is 4.57 Å². The van der Waals surface area contributed by atoms with Gasteiger partial charge < -0.3 is 0 Å².